The molecular formula is C12H14BrClN2O. The molecule has 1 saturated heterocycles. The van der Waals surface area contributed by atoms with Crippen LogP contribution in [0.2, 0.25) is 5.02 Å². The Morgan fingerprint density at radius 1 is 1.47 bits per heavy atom. The van der Waals surface area contributed by atoms with E-state index in [4.69, 9.17) is 11.6 Å². The largest absolute Gasteiger partial charge is 0.348 e. The fourth-order valence-corrected chi connectivity index (χ4v) is 2.79. The molecule has 0 bridgehead atoms. The topological polar surface area (TPSA) is 41.1 Å². The SMILES string of the molecule is O=C(N[C@@H]1CCCNC1)c1cc(Cl)cc(Br)c1. The highest BCUT2D eigenvalue weighted by atomic mass is 79.9. The molecule has 0 aliphatic carbocycles. The molecule has 1 aliphatic rings. The van der Waals surface area contributed by atoms with Crippen LogP contribution in [-0.2, 0) is 0 Å². The molecule has 1 amide bonds. The summed E-state index contributed by atoms with van der Waals surface area (Å²) in [6.07, 6.45) is 2.13. The van der Waals surface area contributed by atoms with Gasteiger partial charge in [0.1, 0.15) is 0 Å². The number of hydrogen-bond acceptors (Lipinski definition) is 2. The lowest BCUT2D eigenvalue weighted by atomic mass is 10.1. The maximum atomic E-state index is 12.0. The first-order valence-electron chi connectivity index (χ1n) is 5.63. The molecule has 0 unspecified atom stereocenters. The molecule has 1 atom stereocenters. The summed E-state index contributed by atoms with van der Waals surface area (Å²) in [7, 11) is 0. The Kier molecular flexibility index (Phi) is 4.42. The third-order valence-electron chi connectivity index (χ3n) is 2.76. The summed E-state index contributed by atoms with van der Waals surface area (Å²) < 4.78 is 0.817. The number of nitrogens with one attached hydrogen (secondary N) is 2. The number of rotatable bonds is 2. The highest BCUT2D eigenvalue weighted by Gasteiger charge is 2.16. The van der Waals surface area contributed by atoms with E-state index in [-0.39, 0.29) is 11.9 Å². The molecule has 2 rings (SSSR count). The fraction of sp³-hybridized carbons (Fsp3) is 0.417. The maximum Gasteiger partial charge on any atom is 0.251 e. The number of carbonyl (C=O) groups is 1. The van der Waals surface area contributed by atoms with Gasteiger partial charge in [-0.25, -0.2) is 0 Å². The predicted molar refractivity (Wildman–Crippen MR) is 72.5 cm³/mol. The Bertz CT molecular complexity index is 399. The molecule has 3 nitrogen and oxygen atoms in total. The Morgan fingerprint density at radius 3 is 2.94 bits per heavy atom. The lowest BCUT2D eigenvalue weighted by Gasteiger charge is -2.23. The minimum absolute atomic E-state index is 0.0677. The molecule has 1 aromatic carbocycles. The Balaban J connectivity index is 2.03. The van der Waals surface area contributed by atoms with Gasteiger partial charge in [0.2, 0.25) is 0 Å². The molecule has 0 aromatic heterocycles. The van der Waals surface area contributed by atoms with Gasteiger partial charge < -0.3 is 10.6 Å². The van der Waals surface area contributed by atoms with Gasteiger partial charge in [-0.05, 0) is 37.6 Å². The van der Waals surface area contributed by atoms with Crippen molar-refractivity contribution in [3.8, 4) is 0 Å². The van der Waals surface area contributed by atoms with Crippen molar-refractivity contribution in [1.82, 2.24) is 10.6 Å². The van der Waals surface area contributed by atoms with Crippen molar-refractivity contribution >= 4 is 33.4 Å². The van der Waals surface area contributed by atoms with E-state index in [9.17, 15) is 4.79 Å². The second-order valence-corrected chi connectivity index (χ2v) is 5.53. The summed E-state index contributed by atoms with van der Waals surface area (Å²) in [6.45, 7) is 1.88. The van der Waals surface area contributed by atoms with Crippen molar-refractivity contribution in [3.05, 3.63) is 33.3 Å². The second-order valence-electron chi connectivity index (χ2n) is 4.17. The van der Waals surface area contributed by atoms with Gasteiger partial charge in [-0.1, -0.05) is 27.5 Å². The van der Waals surface area contributed by atoms with Gasteiger partial charge in [0, 0.05) is 27.6 Å². The van der Waals surface area contributed by atoms with Gasteiger partial charge >= 0.3 is 0 Å². The molecule has 1 aliphatic heterocycles. The van der Waals surface area contributed by atoms with Crippen LogP contribution in [0.1, 0.15) is 23.2 Å². The van der Waals surface area contributed by atoms with Crippen LogP contribution in [0.5, 0.6) is 0 Å². The van der Waals surface area contributed by atoms with Crippen LogP contribution in [0, 0.1) is 0 Å². The molecule has 0 saturated carbocycles. The summed E-state index contributed by atoms with van der Waals surface area (Å²) in [6, 6.07) is 5.43. The van der Waals surface area contributed by atoms with Gasteiger partial charge in [-0.15, -0.1) is 0 Å². The normalized spacial score (nSPS) is 20.0. The highest BCUT2D eigenvalue weighted by Crippen LogP contribution is 2.19. The van der Waals surface area contributed by atoms with Crippen molar-refractivity contribution in [2.75, 3.05) is 13.1 Å². The first-order chi connectivity index (χ1) is 8.15. The molecule has 1 aromatic rings. The monoisotopic (exact) mass is 316 g/mol. The summed E-state index contributed by atoms with van der Waals surface area (Å²) in [5.41, 5.74) is 0.593. The summed E-state index contributed by atoms with van der Waals surface area (Å²) in [4.78, 5) is 12.0. The van der Waals surface area contributed by atoms with E-state index >= 15 is 0 Å². The lowest BCUT2D eigenvalue weighted by molar-refractivity contribution is 0.0930. The smallest absolute Gasteiger partial charge is 0.251 e. The zero-order valence-electron chi connectivity index (χ0n) is 9.30. The first kappa shape index (κ1) is 12.9. The molecule has 1 fully saturated rings. The molecule has 2 N–H and O–H groups in total. The number of halogens is 2. The van der Waals surface area contributed by atoms with E-state index in [0.717, 1.165) is 30.4 Å². The highest BCUT2D eigenvalue weighted by molar-refractivity contribution is 9.10. The molecular weight excluding hydrogens is 304 g/mol. The average Bonchev–Trinajstić information content (AvgIpc) is 2.29. The van der Waals surface area contributed by atoms with E-state index in [1.165, 1.54) is 0 Å². The summed E-state index contributed by atoms with van der Waals surface area (Å²) in [5, 5.41) is 6.83. The third-order valence-corrected chi connectivity index (χ3v) is 3.43. The zero-order chi connectivity index (χ0) is 12.3. The van der Waals surface area contributed by atoms with E-state index in [2.05, 4.69) is 26.6 Å². The quantitative estimate of drug-likeness (QED) is 0.880. The molecule has 0 radical (unpaired) electrons. The van der Waals surface area contributed by atoms with Crippen LogP contribution >= 0.6 is 27.5 Å². The van der Waals surface area contributed by atoms with E-state index in [1.807, 2.05) is 0 Å². The zero-order valence-corrected chi connectivity index (χ0v) is 11.6. The van der Waals surface area contributed by atoms with Crippen LogP contribution in [0.15, 0.2) is 22.7 Å². The van der Waals surface area contributed by atoms with E-state index in [1.54, 1.807) is 18.2 Å². The number of carbonyl (C=O) groups excluding carboxylic acids is 1. The van der Waals surface area contributed by atoms with Crippen molar-refractivity contribution in [2.24, 2.45) is 0 Å². The minimum atomic E-state index is -0.0677. The average molecular weight is 318 g/mol. The number of hydrogen-bond donors (Lipinski definition) is 2. The van der Waals surface area contributed by atoms with Crippen LogP contribution < -0.4 is 10.6 Å². The standard InChI is InChI=1S/C12H14BrClN2O/c13-9-4-8(5-10(14)6-9)12(17)16-11-2-1-3-15-7-11/h4-6,11,15H,1-3,7H2,(H,16,17)/t11-/m1/s1. The van der Waals surface area contributed by atoms with Crippen molar-refractivity contribution < 1.29 is 4.79 Å². The van der Waals surface area contributed by atoms with E-state index < -0.39 is 0 Å². The molecule has 1 heterocycles. The second kappa shape index (κ2) is 5.85. The number of benzene rings is 1. The van der Waals surface area contributed by atoms with Crippen molar-refractivity contribution in [2.45, 2.75) is 18.9 Å². The van der Waals surface area contributed by atoms with Crippen LogP contribution in [-0.4, -0.2) is 25.0 Å². The number of amides is 1. The minimum Gasteiger partial charge on any atom is -0.348 e. The van der Waals surface area contributed by atoms with Crippen LogP contribution in [0.25, 0.3) is 0 Å². The van der Waals surface area contributed by atoms with Crippen LogP contribution in [0.4, 0.5) is 0 Å². The summed E-state index contributed by atoms with van der Waals surface area (Å²) in [5.74, 6) is -0.0677. The van der Waals surface area contributed by atoms with Gasteiger partial charge in [-0.3, -0.25) is 4.79 Å². The molecule has 17 heavy (non-hydrogen) atoms. The van der Waals surface area contributed by atoms with Gasteiger partial charge in [0.05, 0.1) is 0 Å². The third kappa shape index (κ3) is 3.69. The van der Waals surface area contributed by atoms with Crippen molar-refractivity contribution in [1.29, 1.82) is 0 Å². The van der Waals surface area contributed by atoms with Gasteiger partial charge in [-0.2, -0.15) is 0 Å². The number of piperidine rings is 1. The lowest BCUT2D eigenvalue weighted by Crippen LogP contribution is -2.45. The predicted octanol–water partition coefficient (Wildman–Crippen LogP) is 2.58. The Morgan fingerprint density at radius 2 is 2.29 bits per heavy atom. The Hall–Kier alpha value is -0.580. The van der Waals surface area contributed by atoms with Gasteiger partial charge in [0.15, 0.2) is 0 Å². The molecule has 0 spiro atoms. The Labute approximate surface area is 114 Å². The molecule has 5 heteroatoms. The van der Waals surface area contributed by atoms with Gasteiger partial charge in [0.25, 0.3) is 5.91 Å². The first-order valence-corrected chi connectivity index (χ1v) is 6.80. The fourth-order valence-electron chi connectivity index (χ4n) is 1.93. The van der Waals surface area contributed by atoms with Crippen LogP contribution in [0.3, 0.4) is 0 Å². The molecule has 92 valence electrons. The van der Waals surface area contributed by atoms with Crippen molar-refractivity contribution in [3.63, 3.8) is 0 Å². The van der Waals surface area contributed by atoms with E-state index in [0.29, 0.717) is 10.6 Å². The maximum absolute atomic E-state index is 12.0. The summed E-state index contributed by atoms with van der Waals surface area (Å²) >= 11 is 9.24.